The van der Waals surface area contributed by atoms with Gasteiger partial charge in [-0.05, 0) is 20.8 Å². The van der Waals surface area contributed by atoms with Gasteiger partial charge in [-0.3, -0.25) is 0 Å². The summed E-state index contributed by atoms with van der Waals surface area (Å²) in [5, 5.41) is 17.6. The van der Waals surface area contributed by atoms with E-state index in [9.17, 15) is 9.59 Å². The zero-order chi connectivity index (χ0) is 13.2. The van der Waals surface area contributed by atoms with Gasteiger partial charge < -0.3 is 14.9 Å². The Morgan fingerprint density at radius 2 is 1.53 bits per heavy atom. The van der Waals surface area contributed by atoms with E-state index in [2.05, 4.69) is 4.98 Å². The summed E-state index contributed by atoms with van der Waals surface area (Å²) < 4.78 is 5.42. The molecule has 0 bridgehead atoms. The summed E-state index contributed by atoms with van der Waals surface area (Å²) in [6.45, 7) is 5.32. The van der Waals surface area contributed by atoms with Crippen molar-refractivity contribution in [2.24, 2.45) is 0 Å². The van der Waals surface area contributed by atoms with Crippen LogP contribution in [0.25, 0.3) is 0 Å². The van der Waals surface area contributed by atoms with Gasteiger partial charge in [-0.2, -0.15) is 0 Å². The van der Waals surface area contributed by atoms with Gasteiger partial charge >= 0.3 is 11.9 Å². The van der Waals surface area contributed by atoms with E-state index in [-0.39, 0.29) is 17.1 Å². The van der Waals surface area contributed by atoms with Gasteiger partial charge in [0.25, 0.3) is 0 Å². The van der Waals surface area contributed by atoms with E-state index in [1.807, 2.05) is 0 Å². The van der Waals surface area contributed by atoms with E-state index >= 15 is 0 Å². The van der Waals surface area contributed by atoms with Gasteiger partial charge in [0, 0.05) is 12.1 Å². The first-order valence-corrected chi connectivity index (χ1v) is 4.87. The van der Waals surface area contributed by atoms with Crippen LogP contribution in [-0.2, 0) is 0 Å². The molecule has 6 heteroatoms. The number of aromatic nitrogens is 1. The Hall–Kier alpha value is -2.11. The van der Waals surface area contributed by atoms with Gasteiger partial charge in [-0.15, -0.1) is 0 Å². The maximum Gasteiger partial charge on any atom is 0.354 e. The van der Waals surface area contributed by atoms with Gasteiger partial charge in [-0.1, -0.05) is 0 Å². The molecule has 17 heavy (non-hydrogen) atoms. The van der Waals surface area contributed by atoms with E-state index in [0.29, 0.717) is 0 Å². The maximum absolute atomic E-state index is 10.8. The number of carboxylic acids is 2. The largest absolute Gasteiger partial charge is 0.488 e. The number of rotatable bonds is 3. The molecule has 6 nitrogen and oxygen atoms in total. The number of pyridine rings is 1. The lowest BCUT2D eigenvalue weighted by Crippen LogP contribution is -2.23. The quantitative estimate of drug-likeness (QED) is 0.832. The Balaban J connectivity index is 3.22. The van der Waals surface area contributed by atoms with Crippen LogP contribution in [0.2, 0.25) is 0 Å². The van der Waals surface area contributed by atoms with Crippen LogP contribution in [0, 0.1) is 0 Å². The molecular weight excluding hydrogens is 226 g/mol. The first-order valence-electron chi connectivity index (χ1n) is 4.87. The molecule has 1 aromatic rings. The molecule has 0 atom stereocenters. The average molecular weight is 239 g/mol. The third-order valence-electron chi connectivity index (χ3n) is 1.66. The van der Waals surface area contributed by atoms with Crippen LogP contribution in [0.5, 0.6) is 5.75 Å². The Labute approximate surface area is 97.9 Å². The SMILES string of the molecule is CC(C)(C)Oc1cc(C(=O)O)nc(C(=O)O)c1. The highest BCUT2D eigenvalue weighted by Gasteiger charge is 2.17. The first kappa shape index (κ1) is 13.0. The smallest absolute Gasteiger partial charge is 0.354 e. The molecule has 92 valence electrons. The van der Waals surface area contributed by atoms with Crippen molar-refractivity contribution in [2.75, 3.05) is 0 Å². The lowest BCUT2D eigenvalue weighted by Gasteiger charge is -2.21. The van der Waals surface area contributed by atoms with E-state index in [0.717, 1.165) is 0 Å². The summed E-state index contributed by atoms with van der Waals surface area (Å²) in [5.74, 6) is -2.43. The molecule has 0 aliphatic rings. The normalized spacial score (nSPS) is 11.0. The molecule has 0 saturated carbocycles. The summed E-state index contributed by atoms with van der Waals surface area (Å²) in [5.41, 5.74) is -1.26. The second kappa shape index (κ2) is 4.40. The lowest BCUT2D eigenvalue weighted by atomic mass is 10.2. The van der Waals surface area contributed by atoms with Crippen molar-refractivity contribution >= 4 is 11.9 Å². The number of carboxylic acid groups (broad SMARTS) is 2. The second-order valence-electron chi connectivity index (χ2n) is 4.40. The highest BCUT2D eigenvalue weighted by molar-refractivity contribution is 5.90. The fourth-order valence-electron chi connectivity index (χ4n) is 1.14. The standard InChI is InChI=1S/C11H13NO5/c1-11(2,3)17-6-4-7(9(13)14)12-8(5-6)10(15)16/h4-5H,1-3H3,(H,13,14)(H,15,16). The summed E-state index contributed by atoms with van der Waals surface area (Å²) in [4.78, 5) is 25.0. The van der Waals surface area contributed by atoms with Crippen LogP contribution in [0.3, 0.4) is 0 Å². The van der Waals surface area contributed by atoms with Gasteiger partial charge in [-0.25, -0.2) is 14.6 Å². The molecular formula is C11H13NO5. The zero-order valence-electron chi connectivity index (χ0n) is 9.72. The van der Waals surface area contributed by atoms with Gasteiger partial charge in [0.1, 0.15) is 11.4 Å². The predicted octanol–water partition coefficient (Wildman–Crippen LogP) is 1.66. The molecule has 0 radical (unpaired) electrons. The maximum atomic E-state index is 10.8. The van der Waals surface area contributed by atoms with E-state index in [1.165, 1.54) is 12.1 Å². The molecule has 0 amide bonds. The number of nitrogens with zero attached hydrogens (tertiary/aromatic N) is 1. The Bertz CT molecular complexity index is 429. The predicted molar refractivity (Wildman–Crippen MR) is 58.5 cm³/mol. The minimum absolute atomic E-state index is 0.169. The number of hydrogen-bond acceptors (Lipinski definition) is 4. The molecule has 0 saturated heterocycles. The second-order valence-corrected chi connectivity index (χ2v) is 4.40. The lowest BCUT2D eigenvalue weighted by molar-refractivity contribution is 0.0680. The molecule has 1 heterocycles. The average Bonchev–Trinajstić information content (AvgIpc) is 2.14. The summed E-state index contributed by atoms with van der Waals surface area (Å²) in [6, 6.07) is 2.39. The minimum atomic E-state index is -1.30. The van der Waals surface area contributed by atoms with Crippen molar-refractivity contribution in [3.8, 4) is 5.75 Å². The van der Waals surface area contributed by atoms with Crippen LogP contribution in [0.15, 0.2) is 12.1 Å². The van der Waals surface area contributed by atoms with Gasteiger partial charge in [0.05, 0.1) is 0 Å². The Morgan fingerprint density at radius 3 is 1.82 bits per heavy atom. The minimum Gasteiger partial charge on any atom is -0.488 e. The molecule has 0 aliphatic heterocycles. The number of carbonyl (C=O) groups is 2. The van der Waals surface area contributed by atoms with Gasteiger partial charge in [0.2, 0.25) is 0 Å². The van der Waals surface area contributed by atoms with Crippen molar-refractivity contribution in [3.63, 3.8) is 0 Å². The third-order valence-corrected chi connectivity index (χ3v) is 1.66. The van der Waals surface area contributed by atoms with E-state index in [1.54, 1.807) is 20.8 Å². The number of ether oxygens (including phenoxy) is 1. The molecule has 0 aromatic carbocycles. The molecule has 0 aliphatic carbocycles. The summed E-state index contributed by atoms with van der Waals surface area (Å²) >= 11 is 0. The van der Waals surface area contributed by atoms with Crippen LogP contribution in [0.4, 0.5) is 0 Å². The Kier molecular flexibility index (Phi) is 3.36. The van der Waals surface area contributed by atoms with Crippen LogP contribution in [0.1, 0.15) is 41.7 Å². The molecule has 1 rings (SSSR count). The molecule has 0 unspecified atom stereocenters. The van der Waals surface area contributed by atoms with Crippen molar-refractivity contribution in [1.82, 2.24) is 4.98 Å². The third kappa shape index (κ3) is 3.75. The van der Waals surface area contributed by atoms with Crippen LogP contribution >= 0.6 is 0 Å². The van der Waals surface area contributed by atoms with Crippen LogP contribution < -0.4 is 4.74 Å². The molecule has 0 spiro atoms. The monoisotopic (exact) mass is 239 g/mol. The fraction of sp³-hybridized carbons (Fsp3) is 0.364. The van der Waals surface area contributed by atoms with E-state index < -0.39 is 17.5 Å². The van der Waals surface area contributed by atoms with Crippen molar-refractivity contribution < 1.29 is 24.5 Å². The molecule has 2 N–H and O–H groups in total. The highest BCUT2D eigenvalue weighted by Crippen LogP contribution is 2.20. The van der Waals surface area contributed by atoms with Crippen molar-refractivity contribution in [3.05, 3.63) is 23.5 Å². The van der Waals surface area contributed by atoms with Crippen molar-refractivity contribution in [2.45, 2.75) is 26.4 Å². The molecule has 1 aromatic heterocycles. The Morgan fingerprint density at radius 1 is 1.12 bits per heavy atom. The fourth-order valence-corrected chi connectivity index (χ4v) is 1.14. The molecule has 0 fully saturated rings. The summed E-state index contributed by atoms with van der Waals surface area (Å²) in [7, 11) is 0. The first-order chi connectivity index (χ1) is 7.69. The topological polar surface area (TPSA) is 96.7 Å². The number of hydrogen-bond donors (Lipinski definition) is 2. The highest BCUT2D eigenvalue weighted by atomic mass is 16.5. The van der Waals surface area contributed by atoms with E-state index in [4.69, 9.17) is 14.9 Å². The summed E-state index contributed by atoms with van der Waals surface area (Å²) in [6.07, 6.45) is 0. The zero-order valence-corrected chi connectivity index (χ0v) is 9.72. The van der Waals surface area contributed by atoms with Crippen molar-refractivity contribution in [1.29, 1.82) is 0 Å². The van der Waals surface area contributed by atoms with Gasteiger partial charge in [0.15, 0.2) is 11.4 Å². The number of aromatic carboxylic acids is 2. The van der Waals surface area contributed by atoms with Crippen LogP contribution in [-0.4, -0.2) is 32.7 Å².